The van der Waals surface area contributed by atoms with Gasteiger partial charge in [-0.3, -0.25) is 9.48 Å². The molecule has 182 valence electrons. The highest BCUT2D eigenvalue weighted by Gasteiger charge is 2.43. The molecule has 14 heteroatoms. The molecule has 1 amide bonds. The molecule has 3 N–H and O–H groups in total. The van der Waals surface area contributed by atoms with E-state index in [0.717, 1.165) is 6.20 Å². The fourth-order valence-corrected chi connectivity index (χ4v) is 3.18. The molecule has 1 atom stereocenters. The zero-order valence-corrected chi connectivity index (χ0v) is 17.6. The third kappa shape index (κ3) is 5.26. The van der Waals surface area contributed by atoms with E-state index in [4.69, 9.17) is 10.3 Å². The molecular weight excluding hydrogens is 477 g/mol. The van der Waals surface area contributed by atoms with Crippen LogP contribution in [0.15, 0.2) is 53.4 Å². The standard InChI is InChI=1S/C21H16F5N7O2/c22-13-4-2-1-3-11(13)10-33-17(15-5-6-35-32-15)7-16(31-33)20-29-9-14(23)19(30-20)28-8-12(18(27)34)21(24,25)26/h1-7,9,12H,8,10H2,(H2,27,34)(H,28,29,30)/t12-/m0/s1. The average molecular weight is 493 g/mol. The number of amides is 1. The summed E-state index contributed by atoms with van der Waals surface area (Å²) in [4.78, 5) is 18.9. The number of hydrogen-bond acceptors (Lipinski definition) is 7. The second kappa shape index (κ2) is 9.48. The van der Waals surface area contributed by atoms with Gasteiger partial charge in [-0.1, -0.05) is 23.4 Å². The van der Waals surface area contributed by atoms with E-state index < -0.39 is 42.0 Å². The van der Waals surface area contributed by atoms with E-state index in [1.165, 1.54) is 35.2 Å². The molecule has 1 aromatic carbocycles. The summed E-state index contributed by atoms with van der Waals surface area (Å²) in [6.45, 7) is -1.04. The molecule has 0 spiro atoms. The van der Waals surface area contributed by atoms with E-state index in [1.807, 2.05) is 0 Å². The van der Waals surface area contributed by atoms with Crippen molar-refractivity contribution in [3.63, 3.8) is 0 Å². The molecule has 0 unspecified atom stereocenters. The van der Waals surface area contributed by atoms with Crippen LogP contribution < -0.4 is 11.1 Å². The summed E-state index contributed by atoms with van der Waals surface area (Å²) >= 11 is 0. The summed E-state index contributed by atoms with van der Waals surface area (Å²) in [5.41, 5.74) is 5.98. The fraction of sp³-hybridized carbons (Fsp3) is 0.190. The van der Waals surface area contributed by atoms with Gasteiger partial charge in [0, 0.05) is 18.2 Å². The SMILES string of the molecule is NC(=O)[C@H](CNc1nc(-c2cc(-c3ccon3)n(Cc3ccccc3F)n2)ncc1F)C(F)(F)F. The van der Waals surface area contributed by atoms with Crippen molar-refractivity contribution >= 4 is 11.7 Å². The van der Waals surface area contributed by atoms with Gasteiger partial charge in [-0.2, -0.15) is 18.3 Å². The molecule has 0 bridgehead atoms. The van der Waals surface area contributed by atoms with Gasteiger partial charge >= 0.3 is 6.18 Å². The number of aromatic nitrogens is 5. The van der Waals surface area contributed by atoms with Crippen molar-refractivity contribution < 1.29 is 31.3 Å². The van der Waals surface area contributed by atoms with Crippen molar-refractivity contribution in [2.45, 2.75) is 12.7 Å². The van der Waals surface area contributed by atoms with Gasteiger partial charge in [0.1, 0.15) is 23.5 Å². The Labute approximate surface area is 193 Å². The zero-order chi connectivity index (χ0) is 25.2. The van der Waals surface area contributed by atoms with Crippen LogP contribution in [0.3, 0.4) is 0 Å². The minimum atomic E-state index is -4.93. The van der Waals surface area contributed by atoms with E-state index in [1.54, 1.807) is 12.1 Å². The molecule has 35 heavy (non-hydrogen) atoms. The van der Waals surface area contributed by atoms with Gasteiger partial charge in [0.2, 0.25) is 5.91 Å². The number of hydrogen-bond donors (Lipinski definition) is 2. The summed E-state index contributed by atoms with van der Waals surface area (Å²) in [6, 6.07) is 9.07. The maximum atomic E-state index is 14.2. The van der Waals surface area contributed by atoms with Gasteiger partial charge in [-0.15, -0.1) is 0 Å². The third-order valence-electron chi connectivity index (χ3n) is 4.94. The molecule has 9 nitrogen and oxygen atoms in total. The number of carbonyl (C=O) groups is 1. The summed E-state index contributed by atoms with van der Waals surface area (Å²) in [7, 11) is 0. The highest BCUT2D eigenvalue weighted by atomic mass is 19.4. The average Bonchev–Trinajstić information content (AvgIpc) is 3.45. The third-order valence-corrected chi connectivity index (χ3v) is 4.94. The zero-order valence-electron chi connectivity index (χ0n) is 17.6. The van der Waals surface area contributed by atoms with Crippen LogP contribution in [0.1, 0.15) is 5.56 Å². The topological polar surface area (TPSA) is 125 Å². The van der Waals surface area contributed by atoms with E-state index in [9.17, 15) is 26.7 Å². The Morgan fingerprint density at radius 3 is 2.57 bits per heavy atom. The largest absolute Gasteiger partial charge is 0.402 e. The molecule has 4 aromatic rings. The molecule has 3 heterocycles. The predicted molar refractivity (Wildman–Crippen MR) is 111 cm³/mol. The minimum Gasteiger partial charge on any atom is -0.369 e. The number of rotatable bonds is 8. The number of benzene rings is 1. The Morgan fingerprint density at radius 1 is 1.14 bits per heavy atom. The first kappa shape index (κ1) is 23.8. The van der Waals surface area contributed by atoms with Crippen LogP contribution in [0.4, 0.5) is 27.8 Å². The molecule has 0 aliphatic rings. The van der Waals surface area contributed by atoms with Gasteiger partial charge in [0.05, 0.1) is 18.4 Å². The molecule has 0 saturated carbocycles. The van der Waals surface area contributed by atoms with Crippen LogP contribution in [0.25, 0.3) is 22.9 Å². The number of carbonyl (C=O) groups excluding carboxylic acids is 1. The number of alkyl halides is 3. The summed E-state index contributed by atoms with van der Waals surface area (Å²) < 4.78 is 73.6. The van der Waals surface area contributed by atoms with E-state index in [0.29, 0.717) is 17.0 Å². The van der Waals surface area contributed by atoms with Crippen LogP contribution in [-0.2, 0) is 11.3 Å². The van der Waals surface area contributed by atoms with Crippen LogP contribution in [0.2, 0.25) is 0 Å². The van der Waals surface area contributed by atoms with Gasteiger partial charge in [0.25, 0.3) is 0 Å². The van der Waals surface area contributed by atoms with E-state index >= 15 is 0 Å². The first-order valence-corrected chi connectivity index (χ1v) is 9.98. The Bertz CT molecular complexity index is 1340. The van der Waals surface area contributed by atoms with Crippen molar-refractivity contribution in [2.75, 3.05) is 11.9 Å². The van der Waals surface area contributed by atoms with Crippen molar-refractivity contribution in [3.8, 4) is 22.9 Å². The van der Waals surface area contributed by atoms with Crippen molar-refractivity contribution in [1.29, 1.82) is 0 Å². The quantitative estimate of drug-likeness (QED) is 0.361. The molecule has 0 radical (unpaired) electrons. The summed E-state index contributed by atoms with van der Waals surface area (Å²) in [5.74, 6) is -6.43. The van der Waals surface area contributed by atoms with E-state index in [-0.39, 0.29) is 18.1 Å². The molecule has 3 aromatic heterocycles. The molecule has 0 fully saturated rings. The first-order chi connectivity index (χ1) is 16.6. The Morgan fingerprint density at radius 2 is 1.91 bits per heavy atom. The lowest BCUT2D eigenvalue weighted by molar-refractivity contribution is -0.177. The van der Waals surface area contributed by atoms with Crippen LogP contribution in [0, 0.1) is 17.6 Å². The Hall–Kier alpha value is -4.36. The maximum absolute atomic E-state index is 14.2. The van der Waals surface area contributed by atoms with Crippen LogP contribution in [-0.4, -0.2) is 43.5 Å². The molecule has 4 rings (SSSR count). The van der Waals surface area contributed by atoms with Gasteiger partial charge in [-0.05, 0) is 12.1 Å². The van der Waals surface area contributed by atoms with Crippen molar-refractivity contribution in [3.05, 3.63) is 66.1 Å². The lowest BCUT2D eigenvalue weighted by Crippen LogP contribution is -2.40. The second-order valence-electron chi connectivity index (χ2n) is 7.32. The number of primary amides is 1. The number of nitrogens with zero attached hydrogens (tertiary/aromatic N) is 5. The predicted octanol–water partition coefficient (Wildman–Crippen LogP) is 3.40. The number of nitrogens with one attached hydrogen (secondary N) is 1. The number of halogens is 5. The van der Waals surface area contributed by atoms with Crippen LogP contribution in [0.5, 0.6) is 0 Å². The summed E-state index contributed by atoms with van der Waals surface area (Å²) in [5, 5.41) is 10.3. The second-order valence-corrected chi connectivity index (χ2v) is 7.32. The van der Waals surface area contributed by atoms with Crippen LogP contribution >= 0.6 is 0 Å². The molecular formula is C21H16F5N7O2. The Kier molecular flexibility index (Phi) is 6.44. The maximum Gasteiger partial charge on any atom is 0.402 e. The highest BCUT2D eigenvalue weighted by molar-refractivity contribution is 5.78. The van der Waals surface area contributed by atoms with Gasteiger partial charge < -0.3 is 15.6 Å². The Balaban J connectivity index is 1.67. The lowest BCUT2D eigenvalue weighted by atomic mass is 10.1. The monoisotopic (exact) mass is 493 g/mol. The molecule has 0 aliphatic carbocycles. The van der Waals surface area contributed by atoms with Gasteiger partial charge in [0.15, 0.2) is 23.4 Å². The lowest BCUT2D eigenvalue weighted by Gasteiger charge is -2.17. The molecule has 0 saturated heterocycles. The van der Waals surface area contributed by atoms with Gasteiger partial charge in [-0.25, -0.2) is 18.7 Å². The highest BCUT2D eigenvalue weighted by Crippen LogP contribution is 2.28. The number of nitrogens with two attached hydrogens (primary N) is 1. The smallest absolute Gasteiger partial charge is 0.369 e. The van der Waals surface area contributed by atoms with E-state index in [2.05, 4.69) is 25.5 Å². The van der Waals surface area contributed by atoms with Crippen molar-refractivity contribution in [1.82, 2.24) is 24.9 Å². The summed E-state index contributed by atoms with van der Waals surface area (Å²) in [6.07, 6.45) is -2.87. The van der Waals surface area contributed by atoms with Crippen molar-refractivity contribution in [2.24, 2.45) is 11.7 Å². The minimum absolute atomic E-state index is 0.00690. The fourth-order valence-electron chi connectivity index (χ4n) is 3.18. The molecule has 0 aliphatic heterocycles. The number of anilines is 1. The first-order valence-electron chi connectivity index (χ1n) is 9.98. The normalized spacial score (nSPS) is 12.5.